The van der Waals surface area contributed by atoms with E-state index in [1.54, 1.807) is 0 Å². The summed E-state index contributed by atoms with van der Waals surface area (Å²) in [7, 11) is 1.11. The Labute approximate surface area is 182 Å². The molecule has 3 rings (SSSR count). The number of methoxy groups -OCH3 is 1. The summed E-state index contributed by atoms with van der Waals surface area (Å²) in [4.78, 5) is 13.9. The summed E-state index contributed by atoms with van der Waals surface area (Å²) in [6.45, 7) is -1.83. The van der Waals surface area contributed by atoms with Crippen LogP contribution in [0.1, 0.15) is 11.6 Å². The molecule has 0 amide bonds. The molecule has 172 valence electrons. The van der Waals surface area contributed by atoms with Gasteiger partial charge in [0.2, 0.25) is 11.2 Å². The van der Waals surface area contributed by atoms with Gasteiger partial charge in [0.1, 0.15) is 5.82 Å². The first kappa shape index (κ1) is 23.8. The summed E-state index contributed by atoms with van der Waals surface area (Å²) in [5.41, 5.74) is -5.37. The van der Waals surface area contributed by atoms with Crippen LogP contribution in [0.25, 0.3) is 10.9 Å². The van der Waals surface area contributed by atoms with Crippen LogP contribution >= 0.6 is 11.6 Å². The third-order valence-electron chi connectivity index (χ3n) is 4.92. The molecule has 12 heteroatoms. The van der Waals surface area contributed by atoms with Crippen molar-refractivity contribution in [3.05, 3.63) is 69.0 Å². The first-order valence-corrected chi connectivity index (χ1v) is 9.31. The molecular formula is C20H16ClF5N2O4. The maximum Gasteiger partial charge on any atom is 0.421 e. The number of pyridine rings is 1. The van der Waals surface area contributed by atoms with Gasteiger partial charge in [0, 0.05) is 17.1 Å². The van der Waals surface area contributed by atoms with Gasteiger partial charge in [-0.15, -0.1) is 0 Å². The van der Waals surface area contributed by atoms with E-state index in [1.807, 2.05) is 0 Å². The molecule has 32 heavy (non-hydrogen) atoms. The lowest BCUT2D eigenvalue weighted by Gasteiger charge is -2.38. The molecule has 1 aromatic heterocycles. The van der Waals surface area contributed by atoms with E-state index in [-0.39, 0.29) is 22.3 Å². The highest BCUT2D eigenvalue weighted by molar-refractivity contribution is 6.31. The molecule has 2 atom stereocenters. The van der Waals surface area contributed by atoms with E-state index >= 15 is 0 Å². The molecule has 0 radical (unpaired) electrons. The number of H-pyrrole nitrogens is 1. The van der Waals surface area contributed by atoms with E-state index in [9.17, 15) is 37.0 Å². The molecule has 1 heterocycles. The normalized spacial score (nSPS) is 14.8. The number of aromatic amines is 1. The third-order valence-corrected chi connectivity index (χ3v) is 5.31. The van der Waals surface area contributed by atoms with E-state index in [4.69, 9.17) is 16.3 Å². The number of aliphatic hydroxyl groups excluding tert-OH is 1. The molecule has 3 aromatic rings. The average molecular weight is 479 g/mol. The number of benzene rings is 2. The zero-order valence-corrected chi connectivity index (χ0v) is 17.0. The fraction of sp³-hybridized carbons (Fsp3) is 0.250. The average Bonchev–Trinajstić information content (AvgIpc) is 2.72. The van der Waals surface area contributed by atoms with Gasteiger partial charge < -0.3 is 25.3 Å². The van der Waals surface area contributed by atoms with Crippen LogP contribution in [0, 0.1) is 11.6 Å². The van der Waals surface area contributed by atoms with Gasteiger partial charge in [-0.25, -0.2) is 8.78 Å². The van der Waals surface area contributed by atoms with Crippen LogP contribution in [0.5, 0.6) is 5.75 Å². The number of rotatable bonds is 6. The molecule has 6 nitrogen and oxygen atoms in total. The number of anilines is 1. The number of hydrogen-bond acceptors (Lipinski definition) is 5. The van der Waals surface area contributed by atoms with E-state index in [0.717, 1.165) is 37.4 Å². The zero-order chi connectivity index (χ0) is 23.8. The number of halogens is 6. The second kappa shape index (κ2) is 8.57. The minimum absolute atomic E-state index is 0.0506. The standard InChI is InChI=1S/C20H16ClF5N2O4/c1-32-14-4-2-11(16(21)17(14)23)18(19(31,8-29)20(24,25)26)28-13-7-9(22)6-12-10(13)3-5-15(30)27-12/h2-7,18,28-29,31H,8H2,1H3,(H,27,30)/t18?,19-/m1/s1. The third kappa shape index (κ3) is 4.10. The van der Waals surface area contributed by atoms with Crippen molar-refractivity contribution in [2.75, 3.05) is 19.0 Å². The monoisotopic (exact) mass is 478 g/mol. The van der Waals surface area contributed by atoms with Crippen molar-refractivity contribution in [2.45, 2.75) is 17.8 Å². The summed E-state index contributed by atoms with van der Waals surface area (Å²) in [6.07, 6.45) is -5.42. The van der Waals surface area contributed by atoms with Crippen LogP contribution in [-0.2, 0) is 0 Å². The topological polar surface area (TPSA) is 94.6 Å². The molecule has 2 aromatic carbocycles. The molecule has 0 aliphatic carbocycles. The Bertz CT molecular complexity index is 1220. The largest absolute Gasteiger partial charge is 0.494 e. The van der Waals surface area contributed by atoms with E-state index < -0.39 is 52.2 Å². The van der Waals surface area contributed by atoms with Crippen LogP contribution in [0.15, 0.2) is 41.2 Å². The molecule has 4 N–H and O–H groups in total. The minimum Gasteiger partial charge on any atom is -0.494 e. The molecule has 0 spiro atoms. The number of ether oxygens (including phenoxy) is 1. The number of fused-ring (bicyclic) bond motifs is 1. The Morgan fingerprint density at radius 2 is 1.88 bits per heavy atom. The molecule has 0 aliphatic heterocycles. The van der Waals surface area contributed by atoms with Gasteiger partial charge in [0.15, 0.2) is 11.6 Å². The van der Waals surface area contributed by atoms with Crippen LogP contribution in [0.2, 0.25) is 5.02 Å². The van der Waals surface area contributed by atoms with Gasteiger partial charge in [-0.1, -0.05) is 17.7 Å². The molecule has 0 fully saturated rings. The summed E-state index contributed by atoms with van der Waals surface area (Å²) in [6, 6.07) is 3.70. The number of alkyl halides is 3. The Morgan fingerprint density at radius 3 is 2.47 bits per heavy atom. The predicted molar refractivity (Wildman–Crippen MR) is 107 cm³/mol. The maximum absolute atomic E-state index is 14.5. The summed E-state index contributed by atoms with van der Waals surface area (Å²) in [5, 5.41) is 21.6. The Kier molecular flexibility index (Phi) is 6.36. The summed E-state index contributed by atoms with van der Waals surface area (Å²) >= 11 is 5.94. The molecule has 0 saturated carbocycles. The fourth-order valence-corrected chi connectivity index (χ4v) is 3.50. The quantitative estimate of drug-likeness (QED) is 0.403. The van der Waals surface area contributed by atoms with Gasteiger partial charge in [0.25, 0.3) is 0 Å². The lowest BCUT2D eigenvalue weighted by molar-refractivity contribution is -0.277. The van der Waals surface area contributed by atoms with Crippen LogP contribution in [0.3, 0.4) is 0 Å². The van der Waals surface area contributed by atoms with Crippen molar-refractivity contribution in [1.29, 1.82) is 0 Å². The highest BCUT2D eigenvalue weighted by Crippen LogP contribution is 2.45. The van der Waals surface area contributed by atoms with Crippen LogP contribution in [-0.4, -0.2) is 40.7 Å². The lowest BCUT2D eigenvalue weighted by atomic mass is 9.87. The van der Waals surface area contributed by atoms with Gasteiger partial charge in [-0.2, -0.15) is 13.2 Å². The van der Waals surface area contributed by atoms with Crippen molar-refractivity contribution in [2.24, 2.45) is 0 Å². The number of hydrogen-bond donors (Lipinski definition) is 4. The maximum atomic E-state index is 14.5. The second-order valence-electron chi connectivity index (χ2n) is 6.88. The first-order valence-electron chi connectivity index (χ1n) is 8.94. The summed E-state index contributed by atoms with van der Waals surface area (Å²) < 4.78 is 74.9. The SMILES string of the molecule is COc1ccc(C(Nc2cc(F)cc3[nH]c(=O)ccc23)[C@](O)(CO)C(F)(F)F)c(Cl)c1F. The van der Waals surface area contributed by atoms with Crippen LogP contribution < -0.4 is 15.6 Å². The molecular weight excluding hydrogens is 463 g/mol. The zero-order valence-electron chi connectivity index (χ0n) is 16.2. The van der Waals surface area contributed by atoms with E-state index in [1.165, 1.54) is 6.07 Å². The van der Waals surface area contributed by atoms with Crippen molar-refractivity contribution in [3.63, 3.8) is 0 Å². The van der Waals surface area contributed by atoms with Crippen molar-refractivity contribution >= 4 is 28.2 Å². The van der Waals surface area contributed by atoms with Gasteiger partial charge in [-0.05, 0) is 29.8 Å². The fourth-order valence-electron chi connectivity index (χ4n) is 3.24. The van der Waals surface area contributed by atoms with Gasteiger partial charge in [-0.3, -0.25) is 4.79 Å². The lowest BCUT2D eigenvalue weighted by Crippen LogP contribution is -2.55. The Balaban J connectivity index is 2.27. The first-order chi connectivity index (χ1) is 14.9. The number of aromatic nitrogens is 1. The highest BCUT2D eigenvalue weighted by atomic mass is 35.5. The Morgan fingerprint density at radius 1 is 1.19 bits per heavy atom. The number of nitrogens with one attached hydrogen (secondary N) is 2. The Hall–Kier alpha value is -2.89. The van der Waals surface area contributed by atoms with E-state index in [2.05, 4.69) is 10.3 Å². The second-order valence-corrected chi connectivity index (χ2v) is 7.26. The minimum atomic E-state index is -5.42. The molecule has 1 unspecified atom stereocenters. The molecule has 0 aliphatic rings. The van der Waals surface area contributed by atoms with Crippen molar-refractivity contribution < 1.29 is 36.9 Å². The highest BCUT2D eigenvalue weighted by Gasteiger charge is 2.59. The predicted octanol–water partition coefficient (Wildman–Crippen LogP) is 3.91. The van der Waals surface area contributed by atoms with Gasteiger partial charge in [0.05, 0.1) is 30.3 Å². The summed E-state index contributed by atoms with van der Waals surface area (Å²) in [5.74, 6) is -2.49. The van der Waals surface area contributed by atoms with Crippen molar-refractivity contribution in [3.8, 4) is 5.75 Å². The smallest absolute Gasteiger partial charge is 0.421 e. The van der Waals surface area contributed by atoms with Crippen molar-refractivity contribution in [1.82, 2.24) is 4.98 Å². The molecule has 0 saturated heterocycles. The molecule has 0 bridgehead atoms. The van der Waals surface area contributed by atoms with E-state index in [0.29, 0.717) is 0 Å². The van der Waals surface area contributed by atoms with Crippen LogP contribution in [0.4, 0.5) is 27.6 Å². The van der Waals surface area contributed by atoms with Gasteiger partial charge >= 0.3 is 6.18 Å². The number of aliphatic hydroxyl groups is 2.